The summed E-state index contributed by atoms with van der Waals surface area (Å²) in [5.74, 6) is -0.625. The largest absolute Gasteiger partial charge is 0.503 e. The minimum atomic E-state index is -0.922. The molecular weight excluding hydrogens is 590 g/mol. The summed E-state index contributed by atoms with van der Waals surface area (Å²) in [6.07, 6.45) is 4.91. The van der Waals surface area contributed by atoms with Crippen LogP contribution < -0.4 is 9.64 Å². The maximum absolute atomic E-state index is 13.6. The van der Waals surface area contributed by atoms with E-state index in [0.29, 0.717) is 33.0 Å². The number of allylic oxidation sites excluding steroid dienone is 1. The second-order valence-corrected chi connectivity index (χ2v) is 12.0. The van der Waals surface area contributed by atoms with Crippen molar-refractivity contribution in [1.29, 1.82) is 0 Å². The number of amides is 1. The molecule has 214 valence electrons. The molecule has 4 aromatic rings. The Labute approximate surface area is 257 Å². The fraction of sp³-hybridized carbons (Fsp3) is 0.188. The molecule has 1 aromatic heterocycles. The topological polar surface area (TPSA) is 92.6 Å². The number of ketones is 1. The van der Waals surface area contributed by atoms with Gasteiger partial charge in [0.2, 0.25) is 5.13 Å². The Morgan fingerprint density at radius 3 is 2.67 bits per heavy atom. The number of nitrogens with zero attached hydrogens (tertiary/aromatic N) is 3. The summed E-state index contributed by atoms with van der Waals surface area (Å²) in [5.41, 5.74) is 2.35. The number of aliphatic hydroxyl groups excluding tert-OH is 1. The number of hydrogen-bond acceptors (Lipinski definition) is 8. The van der Waals surface area contributed by atoms with Gasteiger partial charge in [-0.3, -0.25) is 14.5 Å². The zero-order valence-corrected chi connectivity index (χ0v) is 25.2. The van der Waals surface area contributed by atoms with E-state index in [1.807, 2.05) is 66.7 Å². The monoisotopic (exact) mass is 617 g/mol. The molecule has 1 aliphatic rings. The third kappa shape index (κ3) is 6.75. The number of anilines is 1. The zero-order chi connectivity index (χ0) is 29.5. The zero-order valence-electron chi connectivity index (χ0n) is 22.8. The molecule has 0 bridgehead atoms. The predicted octanol–water partition coefficient (Wildman–Crippen LogP) is 7.85. The first kappa shape index (κ1) is 29.6. The third-order valence-corrected chi connectivity index (χ3v) is 9.03. The standard InChI is InChI=1S/C32H28ClN3O4S2/c1-2-3-18-40-24-14-9-13-22(19-24)28-27(26(37)17-16-21-10-5-4-6-11-21)29(38)30(39)36(28)31-34-35-32(42-31)41-20-23-12-7-8-15-25(23)33/h4-17,19,28,38H,2-3,18,20H2,1H3/b17-16+. The molecule has 0 aliphatic carbocycles. The molecule has 1 amide bonds. The van der Waals surface area contributed by atoms with Crippen LogP contribution in [0.5, 0.6) is 5.75 Å². The summed E-state index contributed by atoms with van der Waals surface area (Å²) in [4.78, 5) is 28.4. The Kier molecular flexibility index (Phi) is 9.74. The van der Waals surface area contributed by atoms with Gasteiger partial charge >= 0.3 is 0 Å². The predicted molar refractivity (Wildman–Crippen MR) is 168 cm³/mol. The summed E-state index contributed by atoms with van der Waals surface area (Å²) in [6, 6.07) is 23.2. The molecule has 1 aliphatic heterocycles. The van der Waals surface area contributed by atoms with Crippen LogP contribution in [0.4, 0.5) is 5.13 Å². The summed E-state index contributed by atoms with van der Waals surface area (Å²) in [5, 5.41) is 20.5. The Hall–Kier alpha value is -3.92. The maximum Gasteiger partial charge on any atom is 0.296 e. The van der Waals surface area contributed by atoms with Crippen molar-refractivity contribution in [1.82, 2.24) is 10.2 Å². The number of rotatable bonds is 12. The fourth-order valence-corrected chi connectivity index (χ4v) is 6.57. The van der Waals surface area contributed by atoms with E-state index >= 15 is 0 Å². The van der Waals surface area contributed by atoms with Crippen molar-refractivity contribution in [2.24, 2.45) is 0 Å². The number of thioether (sulfide) groups is 1. The van der Waals surface area contributed by atoms with Gasteiger partial charge in [-0.1, -0.05) is 115 Å². The highest BCUT2D eigenvalue weighted by Gasteiger charge is 2.45. The van der Waals surface area contributed by atoms with Crippen LogP contribution in [0.3, 0.4) is 0 Å². The smallest absolute Gasteiger partial charge is 0.296 e. The van der Waals surface area contributed by atoms with Crippen molar-refractivity contribution in [2.75, 3.05) is 11.5 Å². The van der Waals surface area contributed by atoms with Crippen molar-refractivity contribution in [3.8, 4) is 5.75 Å². The second kappa shape index (κ2) is 13.8. The highest BCUT2D eigenvalue weighted by molar-refractivity contribution is 8.00. The lowest BCUT2D eigenvalue weighted by Gasteiger charge is -2.24. The van der Waals surface area contributed by atoms with Crippen LogP contribution in [-0.2, 0) is 15.3 Å². The Balaban J connectivity index is 1.47. The van der Waals surface area contributed by atoms with E-state index in [0.717, 1.165) is 24.0 Å². The van der Waals surface area contributed by atoms with E-state index in [1.54, 1.807) is 18.2 Å². The Bertz CT molecular complexity index is 1640. The molecule has 10 heteroatoms. The van der Waals surface area contributed by atoms with Gasteiger partial charge in [-0.25, -0.2) is 0 Å². The number of hydrogen-bond donors (Lipinski definition) is 1. The summed E-state index contributed by atoms with van der Waals surface area (Å²) < 4.78 is 6.53. The van der Waals surface area contributed by atoms with Crippen LogP contribution in [0.25, 0.3) is 6.08 Å². The highest BCUT2D eigenvalue weighted by atomic mass is 35.5. The van der Waals surface area contributed by atoms with Crippen LogP contribution in [0.15, 0.2) is 101 Å². The van der Waals surface area contributed by atoms with Gasteiger partial charge in [-0.15, -0.1) is 10.2 Å². The van der Waals surface area contributed by atoms with Crippen molar-refractivity contribution in [3.05, 3.63) is 118 Å². The molecular formula is C32H28ClN3O4S2. The van der Waals surface area contributed by atoms with Crippen molar-refractivity contribution >= 4 is 57.6 Å². The van der Waals surface area contributed by atoms with Gasteiger partial charge in [-0.2, -0.15) is 0 Å². The number of aromatic nitrogens is 2. The quantitative estimate of drug-likeness (QED) is 0.0749. The van der Waals surface area contributed by atoms with Gasteiger partial charge in [0.1, 0.15) is 5.75 Å². The number of benzene rings is 3. The van der Waals surface area contributed by atoms with E-state index < -0.39 is 23.5 Å². The molecule has 0 fully saturated rings. The molecule has 5 rings (SSSR count). The molecule has 3 aromatic carbocycles. The number of aliphatic hydroxyl groups is 1. The average Bonchev–Trinajstić information content (AvgIpc) is 3.58. The average molecular weight is 618 g/mol. The molecule has 1 atom stereocenters. The fourth-order valence-electron chi connectivity index (χ4n) is 4.42. The molecule has 7 nitrogen and oxygen atoms in total. The highest BCUT2D eigenvalue weighted by Crippen LogP contribution is 2.44. The summed E-state index contributed by atoms with van der Waals surface area (Å²) in [7, 11) is 0. The van der Waals surface area contributed by atoms with Crippen molar-refractivity contribution < 1.29 is 19.4 Å². The molecule has 1 N–H and O–H groups in total. The molecule has 0 spiro atoms. The van der Waals surface area contributed by atoms with Crippen molar-refractivity contribution in [3.63, 3.8) is 0 Å². The number of carbonyl (C=O) groups excluding carboxylic acids is 2. The van der Waals surface area contributed by atoms with Gasteiger partial charge in [0.15, 0.2) is 15.9 Å². The first-order valence-electron chi connectivity index (χ1n) is 13.4. The number of carbonyl (C=O) groups is 2. The molecule has 0 saturated carbocycles. The Morgan fingerprint density at radius 2 is 1.88 bits per heavy atom. The lowest BCUT2D eigenvalue weighted by Crippen LogP contribution is -2.30. The molecule has 0 saturated heterocycles. The van der Waals surface area contributed by atoms with Crippen LogP contribution in [0, 0.1) is 0 Å². The molecule has 2 heterocycles. The van der Waals surface area contributed by atoms with E-state index in [1.165, 1.54) is 34.1 Å². The van der Waals surface area contributed by atoms with Gasteiger partial charge in [0.25, 0.3) is 5.91 Å². The SMILES string of the molecule is CCCCOc1cccc(C2C(C(=O)/C=C/c3ccccc3)=C(O)C(=O)N2c2nnc(SCc3ccccc3Cl)s2)c1. The van der Waals surface area contributed by atoms with Gasteiger partial charge in [-0.05, 0) is 47.4 Å². The van der Waals surface area contributed by atoms with Crippen LogP contribution >= 0.6 is 34.7 Å². The van der Waals surface area contributed by atoms with E-state index in [4.69, 9.17) is 16.3 Å². The van der Waals surface area contributed by atoms with E-state index in [2.05, 4.69) is 17.1 Å². The van der Waals surface area contributed by atoms with Gasteiger partial charge < -0.3 is 9.84 Å². The van der Waals surface area contributed by atoms with Gasteiger partial charge in [0.05, 0.1) is 18.2 Å². The number of ether oxygens (including phenoxy) is 1. The third-order valence-electron chi connectivity index (χ3n) is 6.55. The van der Waals surface area contributed by atoms with E-state index in [9.17, 15) is 14.7 Å². The molecule has 1 unspecified atom stereocenters. The lowest BCUT2D eigenvalue weighted by atomic mass is 9.95. The first-order valence-corrected chi connectivity index (χ1v) is 15.6. The normalized spacial score (nSPS) is 15.1. The van der Waals surface area contributed by atoms with Crippen LogP contribution in [0.2, 0.25) is 5.02 Å². The second-order valence-electron chi connectivity index (χ2n) is 9.45. The maximum atomic E-state index is 13.6. The van der Waals surface area contributed by atoms with Crippen LogP contribution in [0.1, 0.15) is 42.5 Å². The molecule has 0 radical (unpaired) electrons. The van der Waals surface area contributed by atoms with Crippen LogP contribution in [-0.4, -0.2) is 33.6 Å². The molecule has 42 heavy (non-hydrogen) atoms. The number of halogens is 1. The minimum absolute atomic E-state index is 0.0293. The summed E-state index contributed by atoms with van der Waals surface area (Å²) in [6.45, 7) is 2.63. The van der Waals surface area contributed by atoms with Crippen molar-refractivity contribution in [2.45, 2.75) is 35.9 Å². The number of unbranched alkanes of at least 4 members (excludes halogenated alkanes) is 1. The lowest BCUT2D eigenvalue weighted by molar-refractivity contribution is -0.117. The Morgan fingerprint density at radius 1 is 1.10 bits per heavy atom. The van der Waals surface area contributed by atoms with Gasteiger partial charge in [0, 0.05) is 10.8 Å². The first-order chi connectivity index (χ1) is 20.5. The van der Waals surface area contributed by atoms with E-state index in [-0.39, 0.29) is 10.7 Å². The summed E-state index contributed by atoms with van der Waals surface area (Å²) >= 11 is 8.95. The minimum Gasteiger partial charge on any atom is -0.503 e.